The molecule has 6 nitrogen and oxygen atoms in total. The van der Waals surface area contributed by atoms with E-state index in [0.717, 1.165) is 15.2 Å². The molecule has 0 N–H and O–H groups in total. The summed E-state index contributed by atoms with van der Waals surface area (Å²) < 4.78 is 11.3. The van der Waals surface area contributed by atoms with E-state index in [1.807, 2.05) is 36.4 Å². The second-order valence-electron chi connectivity index (χ2n) is 5.45. The molecule has 0 unspecified atom stereocenters. The quantitative estimate of drug-likeness (QED) is 0.357. The van der Waals surface area contributed by atoms with Crippen LogP contribution in [0.25, 0.3) is 27.7 Å². The van der Waals surface area contributed by atoms with Gasteiger partial charge in [-0.05, 0) is 30.3 Å². The monoisotopic (exact) mass is 397 g/mol. The first-order chi connectivity index (χ1) is 13.2. The molecule has 2 heterocycles. The van der Waals surface area contributed by atoms with E-state index in [4.69, 9.17) is 20.9 Å². The van der Waals surface area contributed by atoms with Gasteiger partial charge in [-0.1, -0.05) is 41.0 Å². The van der Waals surface area contributed by atoms with Crippen LogP contribution in [-0.4, -0.2) is 21.1 Å². The second kappa shape index (κ2) is 7.69. The Morgan fingerprint density at radius 2 is 1.96 bits per heavy atom. The minimum Gasteiger partial charge on any atom is -0.452 e. The number of hydrogen-bond donors (Lipinski definition) is 0. The highest BCUT2D eigenvalue weighted by Gasteiger charge is 2.12. The van der Waals surface area contributed by atoms with Gasteiger partial charge in [0.25, 0.3) is 5.89 Å². The van der Waals surface area contributed by atoms with Crippen LogP contribution in [0.5, 0.6) is 0 Å². The summed E-state index contributed by atoms with van der Waals surface area (Å²) in [5.74, 6) is 0.00933. The van der Waals surface area contributed by atoms with Gasteiger partial charge >= 0.3 is 5.97 Å². The summed E-state index contributed by atoms with van der Waals surface area (Å²) in [5.41, 5.74) is 1.55. The van der Waals surface area contributed by atoms with Crippen molar-refractivity contribution in [2.24, 2.45) is 0 Å². The SMILES string of the molecule is O=C(/C=C/c1nc2ccccc2s1)OCc1nc(-c2ccccc2Cl)no1. The molecule has 0 atom stereocenters. The van der Waals surface area contributed by atoms with E-state index in [0.29, 0.717) is 16.4 Å². The molecule has 0 saturated heterocycles. The maximum absolute atomic E-state index is 11.9. The van der Waals surface area contributed by atoms with E-state index < -0.39 is 5.97 Å². The third-order valence-corrected chi connectivity index (χ3v) is 4.92. The van der Waals surface area contributed by atoms with Crippen molar-refractivity contribution in [3.8, 4) is 11.4 Å². The van der Waals surface area contributed by atoms with Gasteiger partial charge in [-0.15, -0.1) is 11.3 Å². The largest absolute Gasteiger partial charge is 0.452 e. The molecule has 0 aliphatic carbocycles. The summed E-state index contributed by atoms with van der Waals surface area (Å²) in [5, 5.41) is 5.10. The van der Waals surface area contributed by atoms with Crippen LogP contribution >= 0.6 is 22.9 Å². The Bertz CT molecular complexity index is 1100. The van der Waals surface area contributed by atoms with Gasteiger partial charge in [0.1, 0.15) is 5.01 Å². The highest BCUT2D eigenvalue weighted by molar-refractivity contribution is 7.19. The summed E-state index contributed by atoms with van der Waals surface area (Å²) in [6.07, 6.45) is 2.94. The molecule has 4 aromatic rings. The van der Waals surface area contributed by atoms with Gasteiger partial charge in [-0.2, -0.15) is 4.98 Å². The normalized spacial score (nSPS) is 11.3. The first kappa shape index (κ1) is 17.4. The predicted octanol–water partition coefficient (Wildman–Crippen LogP) is 4.76. The number of ether oxygens (including phenoxy) is 1. The molecule has 4 rings (SSSR count). The number of thiazole rings is 1. The number of benzene rings is 2. The van der Waals surface area contributed by atoms with Crippen molar-refractivity contribution in [1.82, 2.24) is 15.1 Å². The average Bonchev–Trinajstić information content (AvgIpc) is 3.31. The van der Waals surface area contributed by atoms with Crippen molar-refractivity contribution in [2.75, 3.05) is 0 Å². The first-order valence-electron chi connectivity index (χ1n) is 7.97. The first-order valence-corrected chi connectivity index (χ1v) is 9.16. The van der Waals surface area contributed by atoms with Crippen LogP contribution in [0.4, 0.5) is 0 Å². The van der Waals surface area contributed by atoms with Gasteiger partial charge in [0.15, 0.2) is 6.61 Å². The van der Waals surface area contributed by atoms with Gasteiger partial charge in [-0.25, -0.2) is 9.78 Å². The number of aromatic nitrogens is 3. The lowest BCUT2D eigenvalue weighted by molar-refractivity contribution is -0.139. The number of nitrogens with zero attached hydrogens (tertiary/aromatic N) is 3. The molecule has 8 heteroatoms. The van der Waals surface area contributed by atoms with Gasteiger partial charge < -0.3 is 9.26 Å². The zero-order chi connectivity index (χ0) is 18.6. The Kier molecular flexibility index (Phi) is 4.95. The predicted molar refractivity (Wildman–Crippen MR) is 103 cm³/mol. The molecule has 2 aromatic heterocycles. The molecule has 134 valence electrons. The van der Waals surface area contributed by atoms with E-state index in [9.17, 15) is 4.79 Å². The number of fused-ring (bicyclic) bond motifs is 1. The van der Waals surface area contributed by atoms with Crippen LogP contribution in [0.3, 0.4) is 0 Å². The molecule has 0 bridgehead atoms. The molecule has 0 aliphatic rings. The lowest BCUT2D eigenvalue weighted by Crippen LogP contribution is -2.00. The van der Waals surface area contributed by atoms with Crippen LogP contribution in [0.2, 0.25) is 5.02 Å². The molecule has 0 amide bonds. The molecule has 0 saturated carbocycles. The summed E-state index contributed by atoms with van der Waals surface area (Å²) in [4.78, 5) is 20.5. The van der Waals surface area contributed by atoms with Crippen molar-refractivity contribution >= 4 is 45.2 Å². The van der Waals surface area contributed by atoms with E-state index >= 15 is 0 Å². The van der Waals surface area contributed by atoms with Crippen molar-refractivity contribution < 1.29 is 14.1 Å². The minimum absolute atomic E-state index is 0.125. The smallest absolute Gasteiger partial charge is 0.331 e. The summed E-state index contributed by atoms with van der Waals surface area (Å²) in [7, 11) is 0. The second-order valence-corrected chi connectivity index (χ2v) is 6.92. The third-order valence-electron chi connectivity index (χ3n) is 3.59. The number of carbonyl (C=O) groups is 1. The Morgan fingerprint density at radius 3 is 2.81 bits per heavy atom. The number of para-hydroxylation sites is 1. The van der Waals surface area contributed by atoms with Crippen LogP contribution in [0, 0.1) is 0 Å². The standard InChI is InChI=1S/C19H12ClN3O3S/c20-13-6-2-1-5-12(13)19-22-16(26-23-19)11-25-18(24)10-9-17-21-14-7-3-4-8-15(14)27-17/h1-10H,11H2/b10-9+. The average molecular weight is 398 g/mol. The lowest BCUT2D eigenvalue weighted by Gasteiger charge is -1.97. The fraction of sp³-hybridized carbons (Fsp3) is 0.0526. The van der Waals surface area contributed by atoms with Gasteiger partial charge in [-0.3, -0.25) is 0 Å². The highest BCUT2D eigenvalue weighted by Crippen LogP contribution is 2.25. The Hall–Kier alpha value is -3.03. The van der Waals surface area contributed by atoms with Crippen molar-refractivity contribution in [3.05, 3.63) is 70.5 Å². The van der Waals surface area contributed by atoms with Crippen LogP contribution in [0.1, 0.15) is 10.9 Å². The molecule has 0 aliphatic heterocycles. The molecular formula is C19H12ClN3O3S. The fourth-order valence-electron chi connectivity index (χ4n) is 2.35. The Labute approximate surface area is 163 Å². The Morgan fingerprint density at radius 1 is 1.15 bits per heavy atom. The van der Waals surface area contributed by atoms with Crippen LogP contribution < -0.4 is 0 Å². The van der Waals surface area contributed by atoms with Gasteiger partial charge in [0, 0.05) is 11.6 Å². The third kappa shape index (κ3) is 4.05. The van der Waals surface area contributed by atoms with E-state index in [1.54, 1.807) is 18.2 Å². The number of halogens is 1. The molecule has 0 fully saturated rings. The summed E-state index contributed by atoms with van der Waals surface area (Å²) >= 11 is 7.60. The van der Waals surface area contributed by atoms with Crippen molar-refractivity contribution in [3.63, 3.8) is 0 Å². The summed E-state index contributed by atoms with van der Waals surface area (Å²) in [6, 6.07) is 14.9. The zero-order valence-electron chi connectivity index (χ0n) is 13.8. The maximum atomic E-state index is 11.9. The molecule has 2 aromatic carbocycles. The van der Waals surface area contributed by atoms with E-state index in [2.05, 4.69) is 15.1 Å². The topological polar surface area (TPSA) is 78.1 Å². The maximum Gasteiger partial charge on any atom is 0.331 e. The van der Waals surface area contributed by atoms with Crippen molar-refractivity contribution in [1.29, 1.82) is 0 Å². The van der Waals surface area contributed by atoms with E-state index in [-0.39, 0.29) is 12.5 Å². The number of rotatable bonds is 5. The molecule has 0 radical (unpaired) electrons. The number of hydrogen-bond acceptors (Lipinski definition) is 7. The highest BCUT2D eigenvalue weighted by atomic mass is 35.5. The summed E-state index contributed by atoms with van der Waals surface area (Å²) in [6.45, 7) is -0.125. The Balaban J connectivity index is 1.37. The van der Waals surface area contributed by atoms with E-state index in [1.165, 1.54) is 17.4 Å². The number of esters is 1. The lowest BCUT2D eigenvalue weighted by atomic mass is 10.2. The molecular weight excluding hydrogens is 386 g/mol. The fourth-order valence-corrected chi connectivity index (χ4v) is 3.44. The zero-order valence-corrected chi connectivity index (χ0v) is 15.4. The number of carbonyl (C=O) groups excluding carboxylic acids is 1. The van der Waals surface area contributed by atoms with Gasteiger partial charge in [0.2, 0.25) is 5.82 Å². The van der Waals surface area contributed by atoms with Crippen molar-refractivity contribution in [2.45, 2.75) is 6.61 Å². The molecule has 0 spiro atoms. The minimum atomic E-state index is -0.522. The van der Waals surface area contributed by atoms with Gasteiger partial charge in [0.05, 0.1) is 15.2 Å². The van der Waals surface area contributed by atoms with Crippen LogP contribution in [-0.2, 0) is 16.1 Å². The van der Waals surface area contributed by atoms with Crippen LogP contribution in [0.15, 0.2) is 59.1 Å². The molecule has 27 heavy (non-hydrogen) atoms.